The number of halogens is 1. The van der Waals surface area contributed by atoms with Crippen molar-refractivity contribution in [3.05, 3.63) is 46.0 Å². The van der Waals surface area contributed by atoms with E-state index in [2.05, 4.69) is 35.8 Å². The first-order chi connectivity index (χ1) is 11.7. The molecule has 3 aromatic rings. The minimum atomic E-state index is 0.185. The van der Waals surface area contributed by atoms with Crippen LogP contribution in [0.5, 0.6) is 0 Å². The molecule has 120 valence electrons. The van der Waals surface area contributed by atoms with E-state index in [0.717, 1.165) is 18.6 Å². The fraction of sp³-hybridized carbons (Fsp3) is 0.250. The van der Waals surface area contributed by atoms with Gasteiger partial charge in [-0.05, 0) is 34.0 Å². The van der Waals surface area contributed by atoms with Gasteiger partial charge in [-0.2, -0.15) is 4.52 Å². The van der Waals surface area contributed by atoms with E-state index in [-0.39, 0.29) is 11.9 Å². The zero-order chi connectivity index (χ0) is 16.7. The lowest BCUT2D eigenvalue weighted by atomic mass is 10.1. The highest BCUT2D eigenvalue weighted by Gasteiger charge is 2.24. The monoisotopic (exact) mass is 384 g/mol. The van der Waals surface area contributed by atoms with Crippen LogP contribution in [0.4, 0.5) is 11.6 Å². The Labute approximate surface area is 146 Å². The Morgan fingerprint density at radius 3 is 3.00 bits per heavy atom. The molecule has 1 fully saturated rings. The molecule has 2 N–H and O–H groups in total. The van der Waals surface area contributed by atoms with E-state index in [4.69, 9.17) is 17.0 Å². The molecule has 0 saturated carbocycles. The topological polar surface area (TPSA) is 82.7 Å². The first-order valence-corrected chi connectivity index (χ1v) is 8.24. The van der Waals surface area contributed by atoms with Crippen LogP contribution in [0.2, 0.25) is 0 Å². The second kappa shape index (κ2) is 5.85. The van der Waals surface area contributed by atoms with E-state index in [9.17, 15) is 0 Å². The Morgan fingerprint density at radius 1 is 1.38 bits per heavy atom. The SMILES string of the molecule is [C-]#[N+]c1cccc(-c2nc(N)n3nc(C4CCOC4)nc3c2Br)c1. The number of aromatic nitrogens is 4. The summed E-state index contributed by atoms with van der Waals surface area (Å²) in [5.41, 5.74) is 8.70. The molecule has 0 bridgehead atoms. The number of hydrogen-bond donors (Lipinski definition) is 1. The fourth-order valence-corrected chi connectivity index (χ4v) is 3.35. The summed E-state index contributed by atoms with van der Waals surface area (Å²) in [6.45, 7) is 8.51. The lowest BCUT2D eigenvalue weighted by Crippen LogP contribution is -2.05. The molecule has 1 saturated heterocycles. The highest BCUT2D eigenvalue weighted by Crippen LogP contribution is 2.33. The zero-order valence-corrected chi connectivity index (χ0v) is 14.2. The summed E-state index contributed by atoms with van der Waals surface area (Å²) >= 11 is 3.57. The molecular weight excluding hydrogens is 372 g/mol. The number of nitrogen functional groups attached to an aromatic ring is 1. The number of anilines is 1. The Morgan fingerprint density at radius 2 is 2.25 bits per heavy atom. The minimum absolute atomic E-state index is 0.185. The predicted octanol–water partition coefficient (Wildman–Crippen LogP) is 3.19. The lowest BCUT2D eigenvalue weighted by molar-refractivity contribution is 0.193. The first-order valence-electron chi connectivity index (χ1n) is 7.44. The minimum Gasteiger partial charge on any atom is -0.381 e. The Hall–Kier alpha value is -2.50. The molecule has 7 nitrogen and oxygen atoms in total. The Bertz CT molecular complexity index is 971. The molecule has 1 atom stereocenters. The number of benzene rings is 1. The average Bonchev–Trinajstić information content (AvgIpc) is 3.27. The first kappa shape index (κ1) is 15.1. The van der Waals surface area contributed by atoms with Crippen molar-refractivity contribution in [3.8, 4) is 11.3 Å². The standard InChI is InChI=1S/C16H13BrN6O/c1-19-11-4-2-3-9(7-11)13-12(17)15-21-14(10-5-6-24-8-10)22-23(15)16(18)20-13/h2-4,7,10H,5-6,8H2,(H2,18,20). The van der Waals surface area contributed by atoms with Crippen LogP contribution in [0.3, 0.4) is 0 Å². The molecule has 0 amide bonds. The summed E-state index contributed by atoms with van der Waals surface area (Å²) < 4.78 is 7.66. The molecule has 2 aromatic heterocycles. The molecule has 1 aliphatic heterocycles. The van der Waals surface area contributed by atoms with Crippen molar-refractivity contribution in [2.24, 2.45) is 0 Å². The highest BCUT2D eigenvalue weighted by molar-refractivity contribution is 9.10. The quantitative estimate of drug-likeness (QED) is 0.685. The van der Waals surface area contributed by atoms with Gasteiger partial charge < -0.3 is 10.5 Å². The van der Waals surface area contributed by atoms with Gasteiger partial charge in [0.15, 0.2) is 17.2 Å². The normalized spacial score (nSPS) is 17.2. The molecule has 4 rings (SSSR count). The van der Waals surface area contributed by atoms with Crippen molar-refractivity contribution in [2.75, 3.05) is 18.9 Å². The van der Waals surface area contributed by atoms with Gasteiger partial charge in [0.1, 0.15) is 0 Å². The third-order valence-electron chi connectivity index (χ3n) is 4.01. The molecule has 1 unspecified atom stereocenters. The summed E-state index contributed by atoms with van der Waals surface area (Å²) in [7, 11) is 0. The van der Waals surface area contributed by atoms with E-state index in [1.54, 1.807) is 16.6 Å². The van der Waals surface area contributed by atoms with E-state index < -0.39 is 0 Å². The van der Waals surface area contributed by atoms with Gasteiger partial charge in [-0.15, -0.1) is 5.10 Å². The van der Waals surface area contributed by atoms with Crippen molar-refractivity contribution < 1.29 is 4.74 Å². The number of hydrogen-bond acceptors (Lipinski definition) is 5. The third kappa shape index (κ3) is 2.42. The van der Waals surface area contributed by atoms with E-state index in [1.807, 2.05) is 12.1 Å². The summed E-state index contributed by atoms with van der Waals surface area (Å²) in [5.74, 6) is 1.16. The number of rotatable bonds is 2. The third-order valence-corrected chi connectivity index (χ3v) is 4.74. The van der Waals surface area contributed by atoms with Gasteiger partial charge in [0.2, 0.25) is 5.95 Å². The Balaban J connectivity index is 1.88. The number of nitrogens with zero attached hydrogens (tertiary/aromatic N) is 5. The van der Waals surface area contributed by atoms with Crippen LogP contribution in [0.15, 0.2) is 28.7 Å². The number of ether oxygens (including phenoxy) is 1. The second-order valence-corrected chi connectivity index (χ2v) is 6.35. The van der Waals surface area contributed by atoms with E-state index >= 15 is 0 Å². The van der Waals surface area contributed by atoms with Crippen LogP contribution in [0.1, 0.15) is 18.2 Å². The number of nitrogens with two attached hydrogens (primary N) is 1. The molecule has 0 aliphatic carbocycles. The molecule has 8 heteroatoms. The van der Waals surface area contributed by atoms with Crippen LogP contribution < -0.4 is 5.73 Å². The summed E-state index contributed by atoms with van der Waals surface area (Å²) in [5, 5.41) is 4.48. The average molecular weight is 385 g/mol. The molecule has 24 heavy (non-hydrogen) atoms. The van der Waals surface area contributed by atoms with Gasteiger partial charge in [0.25, 0.3) is 0 Å². The van der Waals surface area contributed by atoms with Crippen LogP contribution >= 0.6 is 15.9 Å². The summed E-state index contributed by atoms with van der Waals surface area (Å²) in [6, 6.07) is 7.24. The number of fused-ring (bicyclic) bond motifs is 1. The van der Waals surface area contributed by atoms with Gasteiger partial charge in [-0.1, -0.05) is 18.2 Å². The fourth-order valence-electron chi connectivity index (χ4n) is 2.77. The maximum atomic E-state index is 7.16. The second-order valence-electron chi connectivity index (χ2n) is 5.56. The molecule has 1 aliphatic rings. The molecule has 1 aromatic carbocycles. The van der Waals surface area contributed by atoms with Gasteiger partial charge in [0.05, 0.1) is 23.3 Å². The smallest absolute Gasteiger partial charge is 0.223 e. The van der Waals surface area contributed by atoms with Crippen molar-refractivity contribution in [3.63, 3.8) is 0 Å². The maximum absolute atomic E-state index is 7.16. The predicted molar refractivity (Wildman–Crippen MR) is 92.8 cm³/mol. The van der Waals surface area contributed by atoms with Gasteiger partial charge >= 0.3 is 0 Å². The summed E-state index contributed by atoms with van der Waals surface area (Å²) in [4.78, 5) is 12.5. The van der Waals surface area contributed by atoms with Crippen LogP contribution in [-0.2, 0) is 4.74 Å². The summed E-state index contributed by atoms with van der Waals surface area (Å²) in [6.07, 6.45) is 0.905. The largest absolute Gasteiger partial charge is 0.381 e. The van der Waals surface area contributed by atoms with E-state index in [0.29, 0.717) is 33.9 Å². The van der Waals surface area contributed by atoms with Gasteiger partial charge in [-0.3, -0.25) is 0 Å². The maximum Gasteiger partial charge on any atom is 0.223 e. The zero-order valence-electron chi connectivity index (χ0n) is 12.6. The lowest BCUT2D eigenvalue weighted by Gasteiger charge is -2.07. The van der Waals surface area contributed by atoms with Crippen LogP contribution in [0, 0.1) is 6.57 Å². The van der Waals surface area contributed by atoms with Crippen LogP contribution in [0.25, 0.3) is 21.7 Å². The van der Waals surface area contributed by atoms with Gasteiger partial charge in [0, 0.05) is 12.5 Å². The van der Waals surface area contributed by atoms with Crippen LogP contribution in [-0.4, -0.2) is 32.8 Å². The van der Waals surface area contributed by atoms with Crippen molar-refractivity contribution >= 4 is 33.2 Å². The molecule has 3 heterocycles. The molecule has 0 radical (unpaired) electrons. The van der Waals surface area contributed by atoms with Gasteiger partial charge in [-0.25, -0.2) is 14.8 Å². The molecule has 0 spiro atoms. The van der Waals surface area contributed by atoms with Crippen molar-refractivity contribution in [1.29, 1.82) is 0 Å². The highest BCUT2D eigenvalue weighted by atomic mass is 79.9. The van der Waals surface area contributed by atoms with Crippen molar-refractivity contribution in [2.45, 2.75) is 12.3 Å². The Kier molecular flexibility index (Phi) is 3.67. The molecular formula is C16H13BrN6O. The van der Waals surface area contributed by atoms with Crippen molar-refractivity contribution in [1.82, 2.24) is 19.6 Å². The van der Waals surface area contributed by atoms with E-state index in [1.165, 1.54) is 0 Å².